The second kappa shape index (κ2) is 6.34. The van der Waals surface area contributed by atoms with Crippen molar-refractivity contribution in [1.29, 1.82) is 0 Å². The van der Waals surface area contributed by atoms with E-state index in [1.807, 2.05) is 0 Å². The van der Waals surface area contributed by atoms with Gasteiger partial charge in [0.2, 0.25) is 0 Å². The van der Waals surface area contributed by atoms with Crippen LogP contribution in [0.25, 0.3) is 0 Å². The molecule has 0 atom stereocenters. The molecular weight excluding hydrogens is 170 g/mol. The molecule has 1 rings (SSSR count). The van der Waals surface area contributed by atoms with Crippen molar-refractivity contribution in [3.05, 3.63) is 0 Å². The molecule has 70 valence electrons. The normalized spacial score (nSPS) is 28.7. The van der Waals surface area contributed by atoms with Gasteiger partial charge in [-0.2, -0.15) is 0 Å². The zero-order valence-electron chi connectivity index (χ0n) is 7.46. The molecule has 1 aliphatic rings. The summed E-state index contributed by atoms with van der Waals surface area (Å²) in [5, 5.41) is 0. The van der Waals surface area contributed by atoms with E-state index in [4.69, 9.17) is 12.2 Å². The zero-order chi connectivity index (χ0) is 8.10. The molecule has 2 heteroatoms. The third-order valence-electron chi connectivity index (χ3n) is 2.71. The summed E-state index contributed by atoms with van der Waals surface area (Å²) in [5.41, 5.74) is 5.58. The maximum Gasteiger partial charge on any atom is 0.0114 e. The Morgan fingerprint density at radius 3 is 2.08 bits per heavy atom. The first-order valence-electron chi connectivity index (χ1n) is 4.50. The van der Waals surface area contributed by atoms with Crippen molar-refractivity contribution < 1.29 is 0 Å². The number of hydrogen-bond acceptors (Lipinski definition) is 1. The summed E-state index contributed by atoms with van der Waals surface area (Å²) in [6.07, 6.45) is 11.4. The average Bonchev–Trinajstić information content (AvgIpc) is 2.07. The molecule has 1 fully saturated rings. The van der Waals surface area contributed by atoms with E-state index in [9.17, 15) is 0 Å². The summed E-state index contributed by atoms with van der Waals surface area (Å²) in [6, 6.07) is 0. The number of rotatable bonds is 2. The monoisotopic (exact) mass is 187 g/mol. The first-order valence-corrected chi connectivity index (χ1v) is 4.50. The van der Waals surface area contributed by atoms with Crippen molar-refractivity contribution in [3.63, 3.8) is 0 Å². The van der Waals surface area contributed by atoms with Gasteiger partial charge in [0.15, 0.2) is 0 Å². The molecule has 2 N–H and O–H groups in total. The number of nitrogens with two attached hydrogens (primary N) is 1. The molecule has 12 heavy (non-hydrogen) atoms. The van der Waals surface area contributed by atoms with Crippen LogP contribution in [0.5, 0.6) is 0 Å². The van der Waals surface area contributed by atoms with Gasteiger partial charge < -0.3 is 5.73 Å². The van der Waals surface area contributed by atoms with Gasteiger partial charge in [-0.25, -0.2) is 0 Å². The molecule has 0 radical (unpaired) electrons. The SMILES string of the molecule is C#CCC1CCC(CN)CC1.Cl. The molecule has 0 spiro atoms. The smallest absolute Gasteiger partial charge is 0.0114 e. The lowest BCUT2D eigenvalue weighted by Gasteiger charge is -2.26. The standard InChI is InChI=1S/C10H17N.ClH/c1-2-3-9-4-6-10(8-11)7-5-9;/h1,9-10H,3-8,11H2;1H. The molecule has 1 nitrogen and oxygen atoms in total. The Balaban J connectivity index is 0.00000121. The quantitative estimate of drug-likeness (QED) is 0.660. The predicted molar refractivity (Wildman–Crippen MR) is 55.2 cm³/mol. The molecule has 0 aromatic rings. The minimum Gasteiger partial charge on any atom is -0.330 e. The van der Waals surface area contributed by atoms with Gasteiger partial charge in [-0.05, 0) is 44.1 Å². The van der Waals surface area contributed by atoms with E-state index in [1.165, 1.54) is 25.7 Å². The highest BCUT2D eigenvalue weighted by Crippen LogP contribution is 2.29. The fourth-order valence-corrected chi connectivity index (χ4v) is 1.84. The van der Waals surface area contributed by atoms with Crippen molar-refractivity contribution in [2.24, 2.45) is 17.6 Å². The summed E-state index contributed by atoms with van der Waals surface area (Å²) in [6.45, 7) is 0.864. The van der Waals surface area contributed by atoms with Crippen LogP contribution in [-0.4, -0.2) is 6.54 Å². The lowest BCUT2D eigenvalue weighted by molar-refractivity contribution is 0.283. The molecule has 0 heterocycles. The first-order chi connectivity index (χ1) is 5.36. The Morgan fingerprint density at radius 1 is 1.17 bits per heavy atom. The molecule has 0 aromatic heterocycles. The number of hydrogen-bond donors (Lipinski definition) is 1. The second-order valence-corrected chi connectivity index (χ2v) is 3.53. The average molecular weight is 188 g/mol. The second-order valence-electron chi connectivity index (χ2n) is 3.53. The van der Waals surface area contributed by atoms with Gasteiger partial charge in [-0.1, -0.05) is 0 Å². The highest BCUT2D eigenvalue weighted by molar-refractivity contribution is 5.85. The molecular formula is C10H18ClN. The highest BCUT2D eigenvalue weighted by Gasteiger charge is 2.18. The van der Waals surface area contributed by atoms with Crippen LogP contribution in [0.3, 0.4) is 0 Å². The molecule has 1 saturated carbocycles. The zero-order valence-corrected chi connectivity index (χ0v) is 8.28. The van der Waals surface area contributed by atoms with Gasteiger partial charge in [0.25, 0.3) is 0 Å². The molecule has 0 aromatic carbocycles. The van der Waals surface area contributed by atoms with Crippen LogP contribution in [0, 0.1) is 24.2 Å². The van der Waals surface area contributed by atoms with E-state index in [0.717, 1.165) is 24.8 Å². The van der Waals surface area contributed by atoms with Crippen LogP contribution in [0.2, 0.25) is 0 Å². The van der Waals surface area contributed by atoms with Crippen LogP contribution in [0.1, 0.15) is 32.1 Å². The van der Waals surface area contributed by atoms with Crippen molar-refractivity contribution in [2.75, 3.05) is 6.54 Å². The van der Waals surface area contributed by atoms with E-state index in [2.05, 4.69) is 5.92 Å². The van der Waals surface area contributed by atoms with Crippen LogP contribution in [0.4, 0.5) is 0 Å². The van der Waals surface area contributed by atoms with Gasteiger partial charge in [0.1, 0.15) is 0 Å². The van der Waals surface area contributed by atoms with Gasteiger partial charge in [0, 0.05) is 6.42 Å². The third-order valence-corrected chi connectivity index (χ3v) is 2.71. The Kier molecular flexibility index (Phi) is 6.24. The third kappa shape index (κ3) is 3.47. The number of terminal acetylenes is 1. The minimum atomic E-state index is 0. The molecule has 0 bridgehead atoms. The summed E-state index contributed by atoms with van der Waals surface area (Å²) in [7, 11) is 0. The largest absolute Gasteiger partial charge is 0.330 e. The van der Waals surface area contributed by atoms with Crippen LogP contribution < -0.4 is 5.73 Å². The van der Waals surface area contributed by atoms with Crippen LogP contribution in [0.15, 0.2) is 0 Å². The Bertz CT molecular complexity index is 142. The molecule has 0 unspecified atom stereocenters. The van der Waals surface area contributed by atoms with Crippen LogP contribution >= 0.6 is 12.4 Å². The lowest BCUT2D eigenvalue weighted by Crippen LogP contribution is -2.21. The fraction of sp³-hybridized carbons (Fsp3) is 0.800. The summed E-state index contributed by atoms with van der Waals surface area (Å²) in [4.78, 5) is 0. The summed E-state index contributed by atoms with van der Waals surface area (Å²) >= 11 is 0. The maximum atomic E-state index is 5.58. The minimum absolute atomic E-state index is 0. The Hall–Kier alpha value is -0.190. The molecule has 1 aliphatic carbocycles. The van der Waals surface area contributed by atoms with E-state index >= 15 is 0 Å². The lowest BCUT2D eigenvalue weighted by atomic mass is 9.81. The van der Waals surface area contributed by atoms with E-state index in [1.54, 1.807) is 0 Å². The predicted octanol–water partition coefficient (Wildman–Crippen LogP) is 2.20. The topological polar surface area (TPSA) is 26.0 Å². The highest BCUT2D eigenvalue weighted by atomic mass is 35.5. The van der Waals surface area contributed by atoms with Gasteiger partial charge in [-0.3, -0.25) is 0 Å². The number of halogens is 1. The van der Waals surface area contributed by atoms with E-state index in [0.29, 0.717) is 0 Å². The molecule has 0 saturated heterocycles. The Labute approximate surface area is 81.5 Å². The first kappa shape index (κ1) is 11.8. The summed E-state index contributed by atoms with van der Waals surface area (Å²) in [5.74, 6) is 4.31. The molecule has 0 amide bonds. The van der Waals surface area contributed by atoms with Gasteiger partial charge in [-0.15, -0.1) is 24.8 Å². The van der Waals surface area contributed by atoms with Crippen LogP contribution in [-0.2, 0) is 0 Å². The molecule has 0 aliphatic heterocycles. The summed E-state index contributed by atoms with van der Waals surface area (Å²) < 4.78 is 0. The van der Waals surface area contributed by atoms with Crippen molar-refractivity contribution in [3.8, 4) is 12.3 Å². The fourth-order valence-electron chi connectivity index (χ4n) is 1.84. The van der Waals surface area contributed by atoms with Crippen molar-refractivity contribution in [1.82, 2.24) is 0 Å². The van der Waals surface area contributed by atoms with Gasteiger partial charge in [0.05, 0.1) is 0 Å². The maximum absolute atomic E-state index is 5.58. The van der Waals surface area contributed by atoms with Gasteiger partial charge >= 0.3 is 0 Å². The van der Waals surface area contributed by atoms with Crippen molar-refractivity contribution in [2.45, 2.75) is 32.1 Å². The Morgan fingerprint density at radius 2 is 1.67 bits per heavy atom. The van der Waals surface area contributed by atoms with Crippen molar-refractivity contribution >= 4 is 12.4 Å². The van der Waals surface area contributed by atoms with E-state index < -0.39 is 0 Å². The van der Waals surface area contributed by atoms with E-state index in [-0.39, 0.29) is 12.4 Å².